The molecule has 2 nitrogen and oxygen atoms in total. The maximum absolute atomic E-state index is 6.21. The van der Waals surface area contributed by atoms with Gasteiger partial charge in [0.25, 0.3) is 0 Å². The minimum absolute atomic E-state index is 0.179. The minimum Gasteiger partial charge on any atom is -0.371 e. The fourth-order valence-corrected chi connectivity index (χ4v) is 3.18. The Balaban J connectivity index is 2.24. The van der Waals surface area contributed by atoms with Crippen LogP contribution in [0.5, 0.6) is 0 Å². The smallest absolute Gasteiger partial charge is 0.0426 e. The van der Waals surface area contributed by atoms with E-state index in [0.717, 1.165) is 24.5 Å². The summed E-state index contributed by atoms with van der Waals surface area (Å²) in [5, 5.41) is 0.817. The summed E-state index contributed by atoms with van der Waals surface area (Å²) in [5.41, 5.74) is 9.04. The van der Waals surface area contributed by atoms with E-state index in [9.17, 15) is 0 Å². The van der Waals surface area contributed by atoms with Crippen LogP contribution in [0.15, 0.2) is 18.2 Å². The molecule has 112 valence electrons. The van der Waals surface area contributed by atoms with Gasteiger partial charge in [0.1, 0.15) is 0 Å². The number of nitrogens with zero attached hydrogens (tertiary/aromatic N) is 1. The van der Waals surface area contributed by atoms with E-state index in [-0.39, 0.29) is 6.04 Å². The van der Waals surface area contributed by atoms with Gasteiger partial charge in [0.15, 0.2) is 0 Å². The zero-order valence-corrected chi connectivity index (χ0v) is 13.7. The highest BCUT2D eigenvalue weighted by Gasteiger charge is 2.24. The van der Waals surface area contributed by atoms with Gasteiger partial charge < -0.3 is 10.6 Å². The zero-order chi connectivity index (χ0) is 14.8. The van der Waals surface area contributed by atoms with Gasteiger partial charge >= 0.3 is 0 Å². The van der Waals surface area contributed by atoms with Crippen LogP contribution in [0.25, 0.3) is 0 Å². The Morgan fingerprint density at radius 3 is 2.75 bits per heavy atom. The van der Waals surface area contributed by atoms with Gasteiger partial charge in [-0.25, -0.2) is 0 Å². The maximum atomic E-state index is 6.21. The Bertz CT molecular complexity index is 454. The largest absolute Gasteiger partial charge is 0.371 e. The van der Waals surface area contributed by atoms with Crippen LogP contribution in [-0.4, -0.2) is 19.1 Å². The van der Waals surface area contributed by atoms with Crippen molar-refractivity contribution in [3.63, 3.8) is 0 Å². The quantitative estimate of drug-likeness (QED) is 0.903. The van der Waals surface area contributed by atoms with Crippen LogP contribution in [0.3, 0.4) is 0 Å². The Morgan fingerprint density at radius 2 is 2.05 bits per heavy atom. The van der Waals surface area contributed by atoms with Crippen molar-refractivity contribution in [2.45, 2.75) is 52.5 Å². The summed E-state index contributed by atoms with van der Waals surface area (Å²) in [6.45, 7) is 9.04. The van der Waals surface area contributed by atoms with Crippen LogP contribution in [0, 0.1) is 5.41 Å². The van der Waals surface area contributed by atoms with Gasteiger partial charge in [0, 0.05) is 29.8 Å². The lowest BCUT2D eigenvalue weighted by Gasteiger charge is -2.27. The second-order valence-corrected chi connectivity index (χ2v) is 7.40. The number of halogens is 1. The molecule has 1 aliphatic heterocycles. The van der Waals surface area contributed by atoms with Crippen molar-refractivity contribution < 1.29 is 0 Å². The minimum atomic E-state index is 0.179. The molecule has 2 rings (SSSR count). The molecule has 20 heavy (non-hydrogen) atoms. The van der Waals surface area contributed by atoms with Gasteiger partial charge in [-0.1, -0.05) is 31.5 Å². The average Bonchev–Trinajstić information content (AvgIpc) is 2.52. The number of rotatable bonds is 3. The summed E-state index contributed by atoms with van der Waals surface area (Å²) in [6.07, 6.45) is 4.69. The Kier molecular flexibility index (Phi) is 4.98. The molecular weight excluding hydrogens is 268 g/mol. The monoisotopic (exact) mass is 294 g/mol. The molecule has 1 heterocycles. The van der Waals surface area contributed by atoms with Crippen LogP contribution >= 0.6 is 11.6 Å². The number of nitrogens with two attached hydrogens (primary N) is 1. The van der Waals surface area contributed by atoms with Crippen molar-refractivity contribution in [1.82, 2.24) is 0 Å². The molecule has 1 atom stereocenters. The zero-order valence-electron chi connectivity index (χ0n) is 13.0. The first kappa shape index (κ1) is 15.7. The average molecular weight is 295 g/mol. The van der Waals surface area contributed by atoms with E-state index in [4.69, 9.17) is 17.3 Å². The Hall–Kier alpha value is -0.730. The molecule has 0 aromatic heterocycles. The summed E-state index contributed by atoms with van der Waals surface area (Å²) in [7, 11) is 0. The van der Waals surface area contributed by atoms with E-state index in [2.05, 4.69) is 37.8 Å². The molecule has 1 unspecified atom stereocenters. The van der Waals surface area contributed by atoms with Crippen LogP contribution in [0.4, 0.5) is 5.69 Å². The second kappa shape index (κ2) is 6.36. The first-order valence-corrected chi connectivity index (χ1v) is 8.04. The summed E-state index contributed by atoms with van der Waals surface area (Å²) in [4.78, 5) is 2.50. The number of hydrogen-bond acceptors (Lipinski definition) is 2. The third-order valence-electron chi connectivity index (χ3n) is 4.27. The highest BCUT2D eigenvalue weighted by molar-refractivity contribution is 6.30. The fraction of sp³-hybridized carbons (Fsp3) is 0.647. The van der Waals surface area contributed by atoms with Gasteiger partial charge in [-0.05, 0) is 55.7 Å². The van der Waals surface area contributed by atoms with Crippen molar-refractivity contribution in [2.75, 3.05) is 18.0 Å². The molecule has 0 saturated carbocycles. The SMILES string of the molecule is CC(N)Cc1ccc(Cl)cc1N1CCCC(C)(C)CC1. The maximum Gasteiger partial charge on any atom is 0.0426 e. The van der Waals surface area contributed by atoms with Gasteiger partial charge in [0.2, 0.25) is 0 Å². The predicted octanol–water partition coefficient (Wildman–Crippen LogP) is 4.25. The highest BCUT2D eigenvalue weighted by atomic mass is 35.5. The molecule has 0 spiro atoms. The van der Waals surface area contributed by atoms with E-state index in [0.29, 0.717) is 5.41 Å². The van der Waals surface area contributed by atoms with Crippen LogP contribution < -0.4 is 10.6 Å². The van der Waals surface area contributed by atoms with Crippen LogP contribution in [0.2, 0.25) is 5.02 Å². The van der Waals surface area contributed by atoms with E-state index >= 15 is 0 Å². The predicted molar refractivity (Wildman–Crippen MR) is 88.7 cm³/mol. The van der Waals surface area contributed by atoms with Gasteiger partial charge in [-0.2, -0.15) is 0 Å². The number of benzene rings is 1. The van der Waals surface area contributed by atoms with E-state index in [1.807, 2.05) is 6.07 Å². The van der Waals surface area contributed by atoms with Gasteiger partial charge in [0.05, 0.1) is 0 Å². The molecule has 3 heteroatoms. The summed E-state index contributed by atoms with van der Waals surface area (Å²) >= 11 is 6.21. The molecule has 1 fully saturated rings. The summed E-state index contributed by atoms with van der Waals surface area (Å²) in [5.74, 6) is 0. The standard InChI is InChI=1S/C17H27ClN2/c1-13(19)11-14-5-6-15(18)12-16(14)20-9-4-7-17(2,3)8-10-20/h5-6,12-13H,4,7-11,19H2,1-3H3. The molecule has 0 aliphatic carbocycles. The first-order chi connectivity index (χ1) is 9.37. The van der Waals surface area contributed by atoms with Gasteiger partial charge in [-0.3, -0.25) is 0 Å². The molecule has 1 saturated heterocycles. The van der Waals surface area contributed by atoms with Crippen molar-refractivity contribution in [1.29, 1.82) is 0 Å². The molecular formula is C17H27ClN2. The molecule has 0 amide bonds. The molecule has 1 aromatic carbocycles. The van der Waals surface area contributed by atoms with Crippen molar-refractivity contribution in [3.8, 4) is 0 Å². The lowest BCUT2D eigenvalue weighted by molar-refractivity contribution is 0.325. The molecule has 2 N–H and O–H groups in total. The van der Waals surface area contributed by atoms with E-state index in [1.165, 1.54) is 30.5 Å². The first-order valence-electron chi connectivity index (χ1n) is 7.66. The van der Waals surface area contributed by atoms with Crippen LogP contribution in [0.1, 0.15) is 45.6 Å². The lowest BCUT2D eigenvalue weighted by Crippen LogP contribution is -2.27. The van der Waals surface area contributed by atoms with Crippen molar-refractivity contribution >= 4 is 17.3 Å². The number of hydrogen-bond donors (Lipinski definition) is 1. The molecule has 1 aliphatic rings. The summed E-state index contributed by atoms with van der Waals surface area (Å²) in [6, 6.07) is 6.40. The normalized spacial score (nSPS) is 20.6. The molecule has 1 aromatic rings. The Labute approximate surface area is 128 Å². The van der Waals surface area contributed by atoms with Crippen LogP contribution in [-0.2, 0) is 6.42 Å². The number of anilines is 1. The van der Waals surface area contributed by atoms with Crippen molar-refractivity contribution in [3.05, 3.63) is 28.8 Å². The van der Waals surface area contributed by atoms with E-state index in [1.54, 1.807) is 0 Å². The third kappa shape index (κ3) is 4.13. The highest BCUT2D eigenvalue weighted by Crippen LogP contribution is 2.34. The van der Waals surface area contributed by atoms with E-state index < -0.39 is 0 Å². The third-order valence-corrected chi connectivity index (χ3v) is 4.51. The molecule has 0 radical (unpaired) electrons. The fourth-order valence-electron chi connectivity index (χ4n) is 3.01. The second-order valence-electron chi connectivity index (χ2n) is 6.96. The molecule has 0 bridgehead atoms. The summed E-state index contributed by atoms with van der Waals surface area (Å²) < 4.78 is 0. The van der Waals surface area contributed by atoms with Gasteiger partial charge in [-0.15, -0.1) is 0 Å². The lowest BCUT2D eigenvalue weighted by atomic mass is 9.85. The Morgan fingerprint density at radius 1 is 1.30 bits per heavy atom. The van der Waals surface area contributed by atoms with Crippen molar-refractivity contribution in [2.24, 2.45) is 11.1 Å². The topological polar surface area (TPSA) is 29.3 Å².